The first-order chi connectivity index (χ1) is 8.70. The van der Waals surface area contributed by atoms with Crippen molar-refractivity contribution in [2.75, 3.05) is 10.7 Å². The molecule has 0 nitrogen and oxygen atoms in total. The highest BCUT2D eigenvalue weighted by Gasteiger charge is 2.30. The van der Waals surface area contributed by atoms with Crippen LogP contribution in [0.2, 0.25) is 0 Å². The van der Waals surface area contributed by atoms with Gasteiger partial charge in [0, 0.05) is 20.5 Å². The average molecular weight is 453 g/mol. The second-order valence-corrected chi connectivity index (χ2v) is 7.18. The maximum atomic E-state index is 3.70. The number of hydrogen-bond acceptors (Lipinski definition) is 1. The maximum absolute atomic E-state index is 3.70. The lowest BCUT2D eigenvalue weighted by Gasteiger charge is -2.30. The fraction of sp³-hybridized carbons (Fsp3) is 0.286. The first-order valence-corrected chi connectivity index (χ1v) is 9.57. The molecule has 18 heavy (non-hydrogen) atoms. The quantitative estimate of drug-likeness (QED) is 0.504. The molecule has 0 unspecified atom stereocenters. The Morgan fingerprint density at radius 2 is 1.67 bits per heavy atom. The Bertz CT molecular complexity index is 472. The SMILES string of the molecule is BrCC(CBr)(Cc1ccsc1)c1ccc(Br)cc1. The molecule has 0 fully saturated rings. The van der Waals surface area contributed by atoms with Gasteiger partial charge in [-0.15, -0.1) is 0 Å². The predicted molar refractivity (Wildman–Crippen MR) is 91.4 cm³/mol. The first kappa shape index (κ1) is 14.8. The minimum Gasteiger partial charge on any atom is -0.152 e. The molecule has 96 valence electrons. The molecule has 0 saturated heterocycles. The Balaban J connectivity index is 2.33. The molecule has 0 spiro atoms. The second-order valence-electron chi connectivity index (χ2n) is 4.36. The molecule has 0 aliphatic carbocycles. The molecule has 0 aliphatic heterocycles. The minimum atomic E-state index is 0.113. The molecule has 0 saturated carbocycles. The van der Waals surface area contributed by atoms with Crippen LogP contribution in [0.4, 0.5) is 0 Å². The van der Waals surface area contributed by atoms with Crippen LogP contribution in [0.15, 0.2) is 45.6 Å². The van der Waals surface area contributed by atoms with E-state index in [9.17, 15) is 0 Å². The van der Waals surface area contributed by atoms with Gasteiger partial charge < -0.3 is 0 Å². The van der Waals surface area contributed by atoms with Gasteiger partial charge in [0.2, 0.25) is 0 Å². The Morgan fingerprint density at radius 3 is 2.17 bits per heavy atom. The largest absolute Gasteiger partial charge is 0.152 e. The van der Waals surface area contributed by atoms with Crippen LogP contribution in [-0.2, 0) is 11.8 Å². The van der Waals surface area contributed by atoms with E-state index < -0.39 is 0 Å². The van der Waals surface area contributed by atoms with Crippen molar-refractivity contribution >= 4 is 59.1 Å². The average Bonchev–Trinajstić information content (AvgIpc) is 2.90. The van der Waals surface area contributed by atoms with Crippen molar-refractivity contribution in [3.8, 4) is 0 Å². The summed E-state index contributed by atoms with van der Waals surface area (Å²) in [7, 11) is 0. The molecule has 1 heterocycles. The lowest BCUT2D eigenvalue weighted by molar-refractivity contribution is 0.552. The predicted octanol–water partition coefficient (Wildman–Crippen LogP) is 5.78. The highest BCUT2D eigenvalue weighted by atomic mass is 79.9. The van der Waals surface area contributed by atoms with Crippen LogP contribution >= 0.6 is 59.1 Å². The van der Waals surface area contributed by atoms with Gasteiger partial charge in [0.05, 0.1) is 0 Å². The number of alkyl halides is 2. The third kappa shape index (κ3) is 3.27. The third-order valence-corrected chi connectivity index (χ3v) is 6.50. The van der Waals surface area contributed by atoms with Crippen molar-refractivity contribution in [2.24, 2.45) is 0 Å². The minimum absolute atomic E-state index is 0.113. The molecule has 2 rings (SSSR count). The summed E-state index contributed by atoms with van der Waals surface area (Å²) in [6.07, 6.45) is 1.05. The maximum Gasteiger partial charge on any atom is 0.0187 e. The van der Waals surface area contributed by atoms with Gasteiger partial charge >= 0.3 is 0 Å². The standard InChI is InChI=1S/C14H13Br3S/c15-9-14(10-16,7-11-5-6-18-8-11)12-1-3-13(17)4-2-12/h1-6,8H,7,9-10H2. The molecule has 1 aromatic carbocycles. The summed E-state index contributed by atoms with van der Waals surface area (Å²) in [5.41, 5.74) is 2.88. The monoisotopic (exact) mass is 450 g/mol. The van der Waals surface area contributed by atoms with E-state index in [0.29, 0.717) is 0 Å². The molecule has 2 aromatic rings. The normalized spacial score (nSPS) is 11.7. The van der Waals surface area contributed by atoms with Gasteiger partial charge in [0.15, 0.2) is 0 Å². The zero-order valence-corrected chi connectivity index (χ0v) is 15.3. The second kappa shape index (κ2) is 6.69. The molecule has 0 aliphatic rings. The van der Waals surface area contributed by atoms with Gasteiger partial charge in [-0.1, -0.05) is 59.9 Å². The van der Waals surface area contributed by atoms with Gasteiger partial charge in [0.25, 0.3) is 0 Å². The number of benzene rings is 1. The third-order valence-electron chi connectivity index (χ3n) is 3.09. The summed E-state index contributed by atoms with van der Waals surface area (Å²) in [6, 6.07) is 10.9. The van der Waals surface area contributed by atoms with Crippen molar-refractivity contribution in [3.63, 3.8) is 0 Å². The van der Waals surface area contributed by atoms with Crippen LogP contribution in [0.1, 0.15) is 11.1 Å². The summed E-state index contributed by atoms with van der Waals surface area (Å²) < 4.78 is 1.12. The molecule has 0 atom stereocenters. The topological polar surface area (TPSA) is 0 Å². The first-order valence-electron chi connectivity index (χ1n) is 5.59. The molecule has 0 bridgehead atoms. The smallest absolute Gasteiger partial charge is 0.0187 e. The van der Waals surface area contributed by atoms with Crippen molar-refractivity contribution in [2.45, 2.75) is 11.8 Å². The van der Waals surface area contributed by atoms with E-state index in [1.165, 1.54) is 11.1 Å². The van der Waals surface area contributed by atoms with Crippen LogP contribution in [0, 0.1) is 0 Å². The van der Waals surface area contributed by atoms with Crippen molar-refractivity contribution in [1.82, 2.24) is 0 Å². The molecular weight excluding hydrogens is 440 g/mol. The van der Waals surface area contributed by atoms with E-state index in [0.717, 1.165) is 21.6 Å². The summed E-state index contributed by atoms with van der Waals surface area (Å²) >= 11 is 12.6. The highest BCUT2D eigenvalue weighted by molar-refractivity contribution is 9.10. The van der Waals surface area contributed by atoms with Crippen molar-refractivity contribution < 1.29 is 0 Å². The van der Waals surface area contributed by atoms with Crippen molar-refractivity contribution in [3.05, 3.63) is 56.7 Å². The molecule has 0 amide bonds. The van der Waals surface area contributed by atoms with Gasteiger partial charge in [-0.3, -0.25) is 0 Å². The number of thiophene rings is 1. The fourth-order valence-electron chi connectivity index (χ4n) is 1.97. The van der Waals surface area contributed by atoms with E-state index >= 15 is 0 Å². The molecule has 1 aromatic heterocycles. The molecular formula is C14H13Br3S. The van der Waals surface area contributed by atoms with Crippen LogP contribution in [0.3, 0.4) is 0 Å². The van der Waals surface area contributed by atoms with Crippen LogP contribution in [-0.4, -0.2) is 10.7 Å². The Hall–Kier alpha value is 0.360. The summed E-state index contributed by atoms with van der Waals surface area (Å²) in [5, 5.41) is 6.27. The van der Waals surface area contributed by atoms with Gasteiger partial charge in [-0.25, -0.2) is 0 Å². The van der Waals surface area contributed by atoms with Crippen LogP contribution in [0.5, 0.6) is 0 Å². The van der Waals surface area contributed by atoms with Gasteiger partial charge in [-0.2, -0.15) is 11.3 Å². The lowest BCUT2D eigenvalue weighted by atomic mass is 9.80. The fourth-order valence-corrected chi connectivity index (χ4v) is 4.88. The Kier molecular flexibility index (Phi) is 5.48. The zero-order valence-electron chi connectivity index (χ0n) is 9.70. The van der Waals surface area contributed by atoms with E-state index in [1.54, 1.807) is 11.3 Å². The molecule has 0 radical (unpaired) electrons. The zero-order chi connectivity index (χ0) is 13.0. The van der Waals surface area contributed by atoms with E-state index in [4.69, 9.17) is 0 Å². The highest BCUT2D eigenvalue weighted by Crippen LogP contribution is 2.34. The Labute approximate surface area is 137 Å². The van der Waals surface area contributed by atoms with Gasteiger partial charge in [0.1, 0.15) is 0 Å². The van der Waals surface area contributed by atoms with Crippen LogP contribution < -0.4 is 0 Å². The van der Waals surface area contributed by atoms with Crippen LogP contribution in [0.25, 0.3) is 0 Å². The summed E-state index contributed by atoms with van der Waals surface area (Å²) in [6.45, 7) is 0. The summed E-state index contributed by atoms with van der Waals surface area (Å²) in [4.78, 5) is 0. The van der Waals surface area contributed by atoms with E-state index in [1.807, 2.05) is 0 Å². The van der Waals surface area contributed by atoms with E-state index in [2.05, 4.69) is 88.9 Å². The summed E-state index contributed by atoms with van der Waals surface area (Å²) in [5.74, 6) is 0. The Morgan fingerprint density at radius 1 is 1.00 bits per heavy atom. The number of hydrogen-bond donors (Lipinski definition) is 0. The number of rotatable bonds is 5. The molecule has 4 heteroatoms. The lowest BCUT2D eigenvalue weighted by Crippen LogP contribution is -2.32. The van der Waals surface area contributed by atoms with Crippen molar-refractivity contribution in [1.29, 1.82) is 0 Å². The molecule has 0 N–H and O–H groups in total. The number of halogens is 3. The van der Waals surface area contributed by atoms with E-state index in [-0.39, 0.29) is 5.41 Å². The van der Waals surface area contributed by atoms with Gasteiger partial charge in [-0.05, 0) is 46.5 Å².